The van der Waals surface area contributed by atoms with Crippen molar-refractivity contribution in [1.29, 1.82) is 0 Å². The summed E-state index contributed by atoms with van der Waals surface area (Å²) in [4.78, 5) is 9.40. The van der Waals surface area contributed by atoms with Crippen LogP contribution >= 0.6 is 0 Å². The largest absolute Gasteiger partial charge is 0.285 e. The maximum Gasteiger partial charge on any atom is 0.221 e. The van der Waals surface area contributed by atoms with Crippen LogP contribution in [0.25, 0.3) is 33.5 Å². The van der Waals surface area contributed by atoms with Crippen LogP contribution in [0.3, 0.4) is 0 Å². The average molecular weight is 258 g/mol. The minimum absolute atomic E-state index is 0.900. The lowest BCUT2D eigenvalue weighted by atomic mass is 10.3. The van der Waals surface area contributed by atoms with Crippen molar-refractivity contribution in [2.24, 2.45) is 0 Å². The van der Waals surface area contributed by atoms with Crippen LogP contribution in [-0.4, -0.2) is 18.8 Å². The van der Waals surface area contributed by atoms with Crippen LogP contribution in [0.5, 0.6) is 0 Å². The third-order valence-electron chi connectivity index (χ3n) is 3.74. The monoisotopic (exact) mass is 258 g/mol. The van der Waals surface area contributed by atoms with Crippen molar-refractivity contribution in [2.75, 3.05) is 0 Å². The Morgan fingerprint density at radius 1 is 0.700 bits per heavy atom. The quantitative estimate of drug-likeness (QED) is 0.427. The molecule has 0 N–H and O–H groups in total. The molecule has 3 aromatic heterocycles. The summed E-state index contributed by atoms with van der Waals surface area (Å²) in [5, 5.41) is 0. The van der Waals surface area contributed by atoms with Gasteiger partial charge in [0.15, 0.2) is 0 Å². The number of imidazole rings is 2. The van der Waals surface area contributed by atoms with E-state index < -0.39 is 0 Å². The second-order valence-corrected chi connectivity index (χ2v) is 4.88. The SMILES string of the molecule is c1ccc2c(c1)nc1n2ccc2nc3ccccc3n21. The van der Waals surface area contributed by atoms with Crippen molar-refractivity contribution in [3.05, 3.63) is 60.8 Å². The van der Waals surface area contributed by atoms with E-state index in [4.69, 9.17) is 4.98 Å². The molecule has 0 bridgehead atoms. The fraction of sp³-hybridized carbons (Fsp3) is 0. The molecule has 5 rings (SSSR count). The molecule has 0 saturated carbocycles. The third-order valence-corrected chi connectivity index (χ3v) is 3.74. The summed E-state index contributed by atoms with van der Waals surface area (Å²) >= 11 is 0. The topological polar surface area (TPSA) is 34.6 Å². The molecule has 0 aliphatic carbocycles. The van der Waals surface area contributed by atoms with Crippen molar-refractivity contribution < 1.29 is 0 Å². The summed E-state index contributed by atoms with van der Waals surface area (Å²) in [5.74, 6) is 0.900. The second-order valence-electron chi connectivity index (χ2n) is 4.88. The van der Waals surface area contributed by atoms with E-state index in [-0.39, 0.29) is 0 Å². The third kappa shape index (κ3) is 1.11. The van der Waals surface area contributed by atoms with E-state index in [1.54, 1.807) is 0 Å². The molecule has 4 nitrogen and oxygen atoms in total. The molecule has 20 heavy (non-hydrogen) atoms. The summed E-state index contributed by atoms with van der Waals surface area (Å²) in [6, 6.07) is 18.3. The van der Waals surface area contributed by atoms with E-state index >= 15 is 0 Å². The lowest BCUT2D eigenvalue weighted by Gasteiger charge is -1.99. The van der Waals surface area contributed by atoms with Crippen molar-refractivity contribution in [3.63, 3.8) is 0 Å². The maximum atomic E-state index is 4.75. The molecule has 0 aliphatic heterocycles. The van der Waals surface area contributed by atoms with Crippen LogP contribution < -0.4 is 0 Å². The number of nitrogens with zero attached hydrogens (tertiary/aromatic N) is 4. The average Bonchev–Trinajstić information content (AvgIpc) is 3.04. The van der Waals surface area contributed by atoms with Crippen molar-refractivity contribution in [1.82, 2.24) is 18.8 Å². The van der Waals surface area contributed by atoms with Gasteiger partial charge in [-0.2, -0.15) is 0 Å². The number of fused-ring (bicyclic) bond motifs is 7. The van der Waals surface area contributed by atoms with Crippen LogP contribution in [0.1, 0.15) is 0 Å². The standard InChI is InChI=1S/C16H10N4/c1-3-7-13-11(5-1)18-16-19(13)10-9-15-17-12-6-2-4-8-14(12)20(15)16/h1-10H. The number of benzene rings is 2. The molecule has 0 saturated heterocycles. The van der Waals surface area contributed by atoms with Crippen molar-refractivity contribution >= 4 is 33.5 Å². The summed E-state index contributed by atoms with van der Waals surface area (Å²) in [7, 11) is 0. The zero-order chi connectivity index (χ0) is 13.1. The molecule has 4 heteroatoms. The fourth-order valence-corrected chi connectivity index (χ4v) is 2.84. The maximum absolute atomic E-state index is 4.75. The lowest BCUT2D eigenvalue weighted by molar-refractivity contribution is 1.10. The van der Waals surface area contributed by atoms with E-state index in [9.17, 15) is 0 Å². The van der Waals surface area contributed by atoms with E-state index in [0.717, 1.165) is 33.5 Å². The first-order valence-corrected chi connectivity index (χ1v) is 6.55. The summed E-state index contributed by atoms with van der Waals surface area (Å²) < 4.78 is 4.21. The highest BCUT2D eigenvalue weighted by Crippen LogP contribution is 2.22. The van der Waals surface area contributed by atoms with Gasteiger partial charge in [-0.05, 0) is 30.3 Å². The molecule has 0 fully saturated rings. The van der Waals surface area contributed by atoms with Crippen LogP contribution in [-0.2, 0) is 0 Å². The smallest absolute Gasteiger partial charge is 0.221 e. The van der Waals surface area contributed by atoms with Gasteiger partial charge in [-0.3, -0.25) is 8.80 Å². The predicted molar refractivity (Wildman–Crippen MR) is 79.0 cm³/mol. The van der Waals surface area contributed by atoms with Gasteiger partial charge in [0.2, 0.25) is 5.78 Å². The molecule has 0 spiro atoms. The molecule has 0 radical (unpaired) electrons. The Morgan fingerprint density at radius 2 is 1.40 bits per heavy atom. The number of hydrogen-bond acceptors (Lipinski definition) is 2. The Morgan fingerprint density at radius 3 is 2.25 bits per heavy atom. The zero-order valence-corrected chi connectivity index (χ0v) is 10.6. The molecule has 2 aromatic carbocycles. The molecule has 0 aliphatic rings. The van der Waals surface area contributed by atoms with Crippen LogP contribution in [0.2, 0.25) is 0 Å². The van der Waals surface area contributed by atoms with E-state index in [2.05, 4.69) is 25.9 Å². The van der Waals surface area contributed by atoms with Gasteiger partial charge in [0.25, 0.3) is 0 Å². The minimum atomic E-state index is 0.900. The number of hydrogen-bond donors (Lipinski definition) is 0. The highest BCUT2D eigenvalue weighted by atomic mass is 15.2. The van der Waals surface area contributed by atoms with Gasteiger partial charge in [0.05, 0.1) is 22.1 Å². The summed E-state index contributed by atoms with van der Waals surface area (Å²) in [6.45, 7) is 0. The highest BCUT2D eigenvalue weighted by Gasteiger charge is 2.10. The lowest BCUT2D eigenvalue weighted by Crippen LogP contribution is -1.93. The van der Waals surface area contributed by atoms with Crippen LogP contribution in [0.15, 0.2) is 60.8 Å². The molecule has 94 valence electrons. The van der Waals surface area contributed by atoms with Crippen molar-refractivity contribution in [3.8, 4) is 0 Å². The number of aromatic nitrogens is 4. The Kier molecular flexibility index (Phi) is 1.68. The van der Waals surface area contributed by atoms with Gasteiger partial charge in [-0.1, -0.05) is 24.3 Å². The minimum Gasteiger partial charge on any atom is -0.285 e. The molecule has 0 amide bonds. The van der Waals surface area contributed by atoms with E-state index in [1.807, 2.05) is 48.7 Å². The summed E-state index contributed by atoms with van der Waals surface area (Å²) in [5.41, 5.74) is 5.12. The Hall–Kier alpha value is -2.88. The Balaban J connectivity index is 2.14. The van der Waals surface area contributed by atoms with Crippen LogP contribution in [0.4, 0.5) is 0 Å². The molecular weight excluding hydrogens is 248 g/mol. The van der Waals surface area contributed by atoms with Gasteiger partial charge < -0.3 is 0 Å². The van der Waals surface area contributed by atoms with E-state index in [0.29, 0.717) is 0 Å². The van der Waals surface area contributed by atoms with Crippen LogP contribution in [0, 0.1) is 0 Å². The molecule has 3 heterocycles. The van der Waals surface area contributed by atoms with Gasteiger partial charge in [0.1, 0.15) is 5.65 Å². The number of rotatable bonds is 0. The summed E-state index contributed by atoms with van der Waals surface area (Å²) in [6.07, 6.45) is 2.03. The van der Waals surface area contributed by atoms with Gasteiger partial charge in [-0.15, -0.1) is 0 Å². The molecule has 0 unspecified atom stereocenters. The normalized spacial score (nSPS) is 12.0. The first-order chi connectivity index (χ1) is 9.92. The molecular formula is C16H10N4. The molecule has 0 atom stereocenters. The predicted octanol–water partition coefficient (Wildman–Crippen LogP) is 3.29. The van der Waals surface area contributed by atoms with Crippen molar-refractivity contribution in [2.45, 2.75) is 0 Å². The van der Waals surface area contributed by atoms with Gasteiger partial charge in [-0.25, -0.2) is 9.97 Å². The fourth-order valence-electron chi connectivity index (χ4n) is 2.84. The first kappa shape index (κ1) is 9.97. The first-order valence-electron chi connectivity index (χ1n) is 6.55. The number of para-hydroxylation sites is 4. The van der Waals surface area contributed by atoms with Gasteiger partial charge in [0, 0.05) is 6.20 Å². The Bertz CT molecular complexity index is 1100. The molecule has 5 aromatic rings. The Labute approximate surface area is 113 Å². The highest BCUT2D eigenvalue weighted by molar-refractivity contribution is 5.85. The zero-order valence-electron chi connectivity index (χ0n) is 10.6. The van der Waals surface area contributed by atoms with Gasteiger partial charge >= 0.3 is 0 Å². The second kappa shape index (κ2) is 3.36. The van der Waals surface area contributed by atoms with E-state index in [1.165, 1.54) is 0 Å².